The Morgan fingerprint density at radius 3 is 2.50 bits per heavy atom. The molecule has 102 valence electrons. The SMILES string of the molecule is CC1(C)CC(=O)N(CC(N)C2CCOC2)C(=O)C1. The van der Waals surface area contributed by atoms with Crippen molar-refractivity contribution in [3.8, 4) is 0 Å². The number of rotatable bonds is 3. The lowest BCUT2D eigenvalue weighted by molar-refractivity contribution is -0.152. The minimum Gasteiger partial charge on any atom is -0.381 e. The zero-order valence-corrected chi connectivity index (χ0v) is 11.1. The van der Waals surface area contributed by atoms with Gasteiger partial charge in [0.2, 0.25) is 11.8 Å². The van der Waals surface area contributed by atoms with Crippen LogP contribution in [0.3, 0.4) is 0 Å². The third-order valence-corrected chi connectivity index (χ3v) is 3.83. The molecule has 5 heteroatoms. The molecule has 2 rings (SSSR count). The summed E-state index contributed by atoms with van der Waals surface area (Å²) in [5.41, 5.74) is 5.86. The molecule has 2 atom stereocenters. The zero-order valence-electron chi connectivity index (χ0n) is 11.1. The van der Waals surface area contributed by atoms with Crippen LogP contribution in [-0.4, -0.2) is 42.5 Å². The van der Waals surface area contributed by atoms with Gasteiger partial charge in [-0.25, -0.2) is 0 Å². The number of likely N-dealkylation sites (tertiary alicyclic amines) is 1. The van der Waals surface area contributed by atoms with Crippen molar-refractivity contribution in [1.82, 2.24) is 4.90 Å². The minimum absolute atomic E-state index is 0.0920. The van der Waals surface area contributed by atoms with Crippen molar-refractivity contribution in [2.24, 2.45) is 17.1 Å². The van der Waals surface area contributed by atoms with Gasteiger partial charge in [0, 0.05) is 38.0 Å². The summed E-state index contributed by atoms with van der Waals surface area (Å²) in [6, 6.07) is -0.165. The van der Waals surface area contributed by atoms with Gasteiger partial charge < -0.3 is 10.5 Å². The predicted molar refractivity (Wildman–Crippen MR) is 66.6 cm³/mol. The maximum absolute atomic E-state index is 12.0. The van der Waals surface area contributed by atoms with E-state index in [1.165, 1.54) is 4.90 Å². The van der Waals surface area contributed by atoms with Crippen molar-refractivity contribution in [3.63, 3.8) is 0 Å². The Hall–Kier alpha value is -0.940. The monoisotopic (exact) mass is 254 g/mol. The second-order valence-electron chi connectivity index (χ2n) is 6.20. The molecule has 0 bridgehead atoms. The Labute approximate surface area is 108 Å². The number of piperidine rings is 1. The number of carbonyl (C=O) groups is 2. The van der Waals surface area contributed by atoms with E-state index >= 15 is 0 Å². The van der Waals surface area contributed by atoms with Crippen molar-refractivity contribution < 1.29 is 14.3 Å². The van der Waals surface area contributed by atoms with E-state index in [2.05, 4.69) is 0 Å². The average molecular weight is 254 g/mol. The Kier molecular flexibility index (Phi) is 3.73. The van der Waals surface area contributed by atoms with Crippen LogP contribution in [0.15, 0.2) is 0 Å². The number of amides is 2. The fourth-order valence-electron chi connectivity index (χ4n) is 2.67. The summed E-state index contributed by atoms with van der Waals surface area (Å²) in [7, 11) is 0. The second kappa shape index (κ2) is 4.97. The number of hydrogen-bond donors (Lipinski definition) is 1. The third kappa shape index (κ3) is 2.90. The molecule has 0 spiro atoms. The maximum Gasteiger partial charge on any atom is 0.229 e. The predicted octanol–water partition coefficient (Wildman–Crippen LogP) is 0.525. The molecule has 0 aromatic rings. The zero-order chi connectivity index (χ0) is 13.3. The lowest BCUT2D eigenvalue weighted by Crippen LogP contribution is -2.52. The van der Waals surface area contributed by atoms with Gasteiger partial charge in [-0.15, -0.1) is 0 Å². The molecule has 2 amide bonds. The first-order valence-corrected chi connectivity index (χ1v) is 6.55. The number of nitrogens with zero attached hydrogens (tertiary/aromatic N) is 1. The topological polar surface area (TPSA) is 72.6 Å². The molecule has 0 aromatic heterocycles. The van der Waals surface area contributed by atoms with Crippen molar-refractivity contribution in [2.45, 2.75) is 39.2 Å². The first kappa shape index (κ1) is 13.5. The van der Waals surface area contributed by atoms with Crippen LogP contribution < -0.4 is 5.73 Å². The van der Waals surface area contributed by atoms with E-state index < -0.39 is 0 Å². The van der Waals surface area contributed by atoms with E-state index in [-0.39, 0.29) is 29.2 Å². The Morgan fingerprint density at radius 1 is 1.39 bits per heavy atom. The highest BCUT2D eigenvalue weighted by molar-refractivity contribution is 5.98. The molecule has 2 saturated heterocycles. The summed E-state index contributed by atoms with van der Waals surface area (Å²) >= 11 is 0. The number of hydrogen-bond acceptors (Lipinski definition) is 4. The smallest absolute Gasteiger partial charge is 0.229 e. The van der Waals surface area contributed by atoms with Gasteiger partial charge >= 0.3 is 0 Å². The normalized spacial score (nSPS) is 29.7. The average Bonchev–Trinajstić information content (AvgIpc) is 2.75. The van der Waals surface area contributed by atoms with Gasteiger partial charge in [-0.1, -0.05) is 13.8 Å². The van der Waals surface area contributed by atoms with Crippen molar-refractivity contribution >= 4 is 11.8 Å². The number of nitrogens with two attached hydrogens (primary N) is 1. The number of imide groups is 1. The first-order chi connectivity index (χ1) is 8.39. The van der Waals surface area contributed by atoms with Crippen LogP contribution in [0.5, 0.6) is 0 Å². The largest absolute Gasteiger partial charge is 0.381 e. The fourth-order valence-corrected chi connectivity index (χ4v) is 2.67. The Bertz CT molecular complexity index is 328. The molecule has 2 unspecified atom stereocenters. The van der Waals surface area contributed by atoms with Crippen LogP contribution in [0.1, 0.15) is 33.1 Å². The highest BCUT2D eigenvalue weighted by atomic mass is 16.5. The maximum atomic E-state index is 12.0. The van der Waals surface area contributed by atoms with Crippen LogP contribution >= 0.6 is 0 Å². The summed E-state index contributed by atoms with van der Waals surface area (Å²) in [5, 5.41) is 0. The van der Waals surface area contributed by atoms with Gasteiger partial charge in [0.05, 0.1) is 6.61 Å². The highest BCUT2D eigenvalue weighted by Crippen LogP contribution is 2.31. The van der Waals surface area contributed by atoms with Gasteiger partial charge in [0.25, 0.3) is 0 Å². The van der Waals surface area contributed by atoms with Crippen LogP contribution in [0.25, 0.3) is 0 Å². The van der Waals surface area contributed by atoms with Gasteiger partial charge in [0.15, 0.2) is 0 Å². The van der Waals surface area contributed by atoms with Crippen LogP contribution in [0.2, 0.25) is 0 Å². The molecule has 0 aliphatic carbocycles. The van der Waals surface area contributed by atoms with Crippen LogP contribution in [-0.2, 0) is 14.3 Å². The lowest BCUT2D eigenvalue weighted by atomic mass is 9.81. The van der Waals surface area contributed by atoms with Gasteiger partial charge in [-0.3, -0.25) is 14.5 Å². The quantitative estimate of drug-likeness (QED) is 0.745. The van der Waals surface area contributed by atoms with E-state index in [9.17, 15) is 9.59 Å². The molecule has 2 aliphatic heterocycles. The molecule has 0 radical (unpaired) electrons. The van der Waals surface area contributed by atoms with E-state index in [0.717, 1.165) is 13.0 Å². The van der Waals surface area contributed by atoms with Gasteiger partial charge in [-0.2, -0.15) is 0 Å². The molecule has 2 aliphatic rings. The minimum atomic E-state index is -0.217. The standard InChI is InChI=1S/C13H22N2O3/c1-13(2)5-11(16)15(12(17)6-13)7-10(14)9-3-4-18-8-9/h9-10H,3-8,14H2,1-2H3. The molecule has 5 nitrogen and oxygen atoms in total. The summed E-state index contributed by atoms with van der Waals surface area (Å²) in [4.78, 5) is 25.3. The molecule has 2 N–H and O–H groups in total. The van der Waals surface area contributed by atoms with Gasteiger partial charge in [0.1, 0.15) is 0 Å². The summed E-state index contributed by atoms with van der Waals surface area (Å²) in [6.45, 7) is 5.60. The first-order valence-electron chi connectivity index (χ1n) is 6.55. The van der Waals surface area contributed by atoms with E-state index in [1.54, 1.807) is 0 Å². The highest BCUT2D eigenvalue weighted by Gasteiger charge is 2.38. The van der Waals surface area contributed by atoms with E-state index in [0.29, 0.717) is 26.0 Å². The van der Waals surface area contributed by atoms with Crippen molar-refractivity contribution in [3.05, 3.63) is 0 Å². The van der Waals surface area contributed by atoms with E-state index in [4.69, 9.17) is 10.5 Å². The molecule has 0 saturated carbocycles. The molecule has 18 heavy (non-hydrogen) atoms. The molecular formula is C13H22N2O3. The number of ether oxygens (including phenoxy) is 1. The van der Waals surface area contributed by atoms with Crippen molar-refractivity contribution in [1.29, 1.82) is 0 Å². The number of carbonyl (C=O) groups excluding carboxylic acids is 2. The molecule has 2 heterocycles. The summed E-state index contributed by atoms with van der Waals surface area (Å²) < 4.78 is 5.29. The third-order valence-electron chi connectivity index (χ3n) is 3.83. The Balaban J connectivity index is 1.96. The molecular weight excluding hydrogens is 232 g/mol. The molecule has 0 aromatic carbocycles. The van der Waals surface area contributed by atoms with Crippen LogP contribution in [0.4, 0.5) is 0 Å². The van der Waals surface area contributed by atoms with Crippen LogP contribution in [0, 0.1) is 11.3 Å². The van der Waals surface area contributed by atoms with Gasteiger partial charge in [-0.05, 0) is 11.8 Å². The Morgan fingerprint density at radius 2 is 2.00 bits per heavy atom. The molecule has 2 fully saturated rings. The summed E-state index contributed by atoms with van der Waals surface area (Å²) in [5.74, 6) is 0.0803. The fraction of sp³-hybridized carbons (Fsp3) is 0.846. The lowest BCUT2D eigenvalue weighted by Gasteiger charge is -2.36. The summed E-state index contributed by atoms with van der Waals surface area (Å²) in [6.07, 6.45) is 1.77. The van der Waals surface area contributed by atoms with E-state index in [1.807, 2.05) is 13.8 Å². The van der Waals surface area contributed by atoms with Crippen molar-refractivity contribution in [2.75, 3.05) is 19.8 Å². The second-order valence-corrected chi connectivity index (χ2v) is 6.20.